The van der Waals surface area contributed by atoms with E-state index in [1.165, 1.54) is 11.8 Å². The molecular formula is C12H13N5OS. The molecule has 1 atom stereocenters. The number of benzene rings is 1. The van der Waals surface area contributed by atoms with E-state index in [9.17, 15) is 0 Å². The van der Waals surface area contributed by atoms with Crippen LogP contribution in [-0.2, 0) is 0 Å². The van der Waals surface area contributed by atoms with Crippen LogP contribution in [0.2, 0.25) is 0 Å². The van der Waals surface area contributed by atoms with E-state index in [-0.39, 0.29) is 5.25 Å². The Kier molecular flexibility index (Phi) is 4.36. The minimum atomic E-state index is -0.219. The lowest BCUT2D eigenvalue weighted by atomic mass is 10.3. The van der Waals surface area contributed by atoms with E-state index < -0.39 is 0 Å². The number of ether oxygens (including phenoxy) is 1. The molecule has 0 N–H and O–H groups in total. The molecule has 0 aliphatic heterocycles. The lowest BCUT2D eigenvalue weighted by molar-refractivity contribution is 0.337. The minimum absolute atomic E-state index is 0.219. The van der Waals surface area contributed by atoms with Gasteiger partial charge in [-0.3, -0.25) is 0 Å². The smallest absolute Gasteiger partial charge is 0.215 e. The third-order valence-corrected chi connectivity index (χ3v) is 3.22. The number of hydrogen-bond acceptors (Lipinski definition) is 6. The highest BCUT2D eigenvalue weighted by atomic mass is 32.2. The molecule has 0 fully saturated rings. The van der Waals surface area contributed by atoms with Crippen LogP contribution in [0.15, 0.2) is 29.4 Å². The van der Waals surface area contributed by atoms with Crippen molar-refractivity contribution in [2.24, 2.45) is 0 Å². The number of nitriles is 1. The van der Waals surface area contributed by atoms with E-state index in [2.05, 4.69) is 21.6 Å². The largest absolute Gasteiger partial charge is 0.492 e. The molecule has 0 unspecified atom stereocenters. The molecule has 0 aliphatic rings. The van der Waals surface area contributed by atoms with Gasteiger partial charge in [0.2, 0.25) is 5.16 Å². The Hall–Kier alpha value is -2.07. The fraction of sp³-hybridized carbons (Fsp3) is 0.333. The predicted molar refractivity (Wildman–Crippen MR) is 71.3 cm³/mol. The molecule has 98 valence electrons. The van der Waals surface area contributed by atoms with E-state index in [4.69, 9.17) is 10.00 Å². The van der Waals surface area contributed by atoms with Gasteiger partial charge in [0.25, 0.3) is 0 Å². The third kappa shape index (κ3) is 3.03. The van der Waals surface area contributed by atoms with Crippen LogP contribution in [0.4, 0.5) is 0 Å². The number of tetrazole rings is 1. The van der Waals surface area contributed by atoms with Crippen molar-refractivity contribution in [2.75, 3.05) is 6.61 Å². The van der Waals surface area contributed by atoms with Gasteiger partial charge in [0, 0.05) is 0 Å². The van der Waals surface area contributed by atoms with Crippen molar-refractivity contribution in [1.82, 2.24) is 20.2 Å². The molecule has 0 aliphatic carbocycles. The van der Waals surface area contributed by atoms with Crippen molar-refractivity contribution in [1.29, 1.82) is 5.26 Å². The zero-order chi connectivity index (χ0) is 13.7. The first kappa shape index (κ1) is 13.4. The average Bonchev–Trinajstić information content (AvgIpc) is 2.87. The highest BCUT2D eigenvalue weighted by Crippen LogP contribution is 2.27. The van der Waals surface area contributed by atoms with Gasteiger partial charge in [-0.2, -0.15) is 9.94 Å². The molecule has 6 nitrogen and oxygen atoms in total. The molecule has 2 rings (SSSR count). The summed E-state index contributed by atoms with van der Waals surface area (Å²) in [6, 6.07) is 9.67. The Morgan fingerprint density at radius 3 is 3.00 bits per heavy atom. The van der Waals surface area contributed by atoms with Crippen molar-refractivity contribution >= 4 is 11.8 Å². The third-order valence-electron chi connectivity index (χ3n) is 2.30. The molecule has 0 saturated heterocycles. The van der Waals surface area contributed by atoms with Crippen molar-refractivity contribution in [3.63, 3.8) is 0 Å². The average molecular weight is 275 g/mol. The quantitative estimate of drug-likeness (QED) is 0.777. The lowest BCUT2D eigenvalue weighted by Gasteiger charge is -2.10. The van der Waals surface area contributed by atoms with E-state index in [0.717, 1.165) is 5.69 Å². The van der Waals surface area contributed by atoms with Gasteiger partial charge in [-0.1, -0.05) is 23.9 Å². The maximum absolute atomic E-state index is 8.86. The molecule has 0 radical (unpaired) electrons. The maximum Gasteiger partial charge on any atom is 0.215 e. The Morgan fingerprint density at radius 2 is 2.26 bits per heavy atom. The molecule has 0 amide bonds. The van der Waals surface area contributed by atoms with Gasteiger partial charge in [0.15, 0.2) is 0 Å². The molecule has 1 aromatic carbocycles. The fourth-order valence-corrected chi connectivity index (χ4v) is 2.19. The second-order valence-electron chi connectivity index (χ2n) is 3.66. The van der Waals surface area contributed by atoms with E-state index in [0.29, 0.717) is 17.5 Å². The van der Waals surface area contributed by atoms with Gasteiger partial charge >= 0.3 is 0 Å². The molecule has 1 aromatic heterocycles. The van der Waals surface area contributed by atoms with Crippen LogP contribution in [-0.4, -0.2) is 32.1 Å². The van der Waals surface area contributed by atoms with Crippen molar-refractivity contribution in [2.45, 2.75) is 24.3 Å². The van der Waals surface area contributed by atoms with Crippen molar-refractivity contribution in [3.8, 4) is 17.5 Å². The van der Waals surface area contributed by atoms with Crippen LogP contribution in [0.3, 0.4) is 0 Å². The first-order valence-corrected chi connectivity index (χ1v) is 6.71. The molecule has 19 heavy (non-hydrogen) atoms. The van der Waals surface area contributed by atoms with Crippen molar-refractivity contribution in [3.05, 3.63) is 24.3 Å². The highest BCUT2D eigenvalue weighted by Gasteiger charge is 2.15. The van der Waals surface area contributed by atoms with Gasteiger partial charge in [0.1, 0.15) is 11.4 Å². The summed E-state index contributed by atoms with van der Waals surface area (Å²) >= 11 is 1.31. The predicted octanol–water partition coefficient (Wildman–Crippen LogP) is 2.07. The minimum Gasteiger partial charge on any atom is -0.492 e. The van der Waals surface area contributed by atoms with E-state index in [1.54, 1.807) is 11.6 Å². The van der Waals surface area contributed by atoms with E-state index >= 15 is 0 Å². The zero-order valence-electron chi connectivity index (χ0n) is 10.6. The topological polar surface area (TPSA) is 76.6 Å². The number of hydrogen-bond donors (Lipinski definition) is 0. The van der Waals surface area contributed by atoms with Crippen LogP contribution in [0, 0.1) is 11.3 Å². The Labute approximate surface area is 115 Å². The van der Waals surface area contributed by atoms with Crippen LogP contribution in [0.25, 0.3) is 5.69 Å². The summed E-state index contributed by atoms with van der Waals surface area (Å²) in [6.45, 7) is 4.29. The first-order valence-electron chi connectivity index (χ1n) is 5.83. The summed E-state index contributed by atoms with van der Waals surface area (Å²) in [5.41, 5.74) is 0.766. The molecule has 0 saturated carbocycles. The number of nitrogens with zero attached hydrogens (tertiary/aromatic N) is 5. The molecule has 2 aromatic rings. The number of aromatic nitrogens is 4. The standard InChI is InChI=1S/C12H13N5OS/c1-3-18-11-7-5-4-6-10(11)17-12(14-15-16-17)19-9(2)8-13/h4-7,9H,3H2,1-2H3/t9-/m0/s1. The molecule has 0 bridgehead atoms. The summed E-state index contributed by atoms with van der Waals surface area (Å²) < 4.78 is 7.14. The summed E-state index contributed by atoms with van der Waals surface area (Å²) in [5, 5.41) is 20.8. The van der Waals surface area contributed by atoms with Gasteiger partial charge in [-0.05, 0) is 36.4 Å². The van der Waals surface area contributed by atoms with Gasteiger partial charge < -0.3 is 4.74 Å². The highest BCUT2D eigenvalue weighted by molar-refractivity contribution is 8.00. The Bertz CT molecular complexity index is 592. The molecule has 1 heterocycles. The van der Waals surface area contributed by atoms with Crippen molar-refractivity contribution < 1.29 is 4.74 Å². The number of rotatable bonds is 5. The SMILES string of the molecule is CCOc1ccccc1-n1nnnc1S[C@@H](C)C#N. The van der Waals surface area contributed by atoms with Crippen LogP contribution >= 0.6 is 11.8 Å². The van der Waals surface area contributed by atoms with Crippen LogP contribution in [0.1, 0.15) is 13.8 Å². The maximum atomic E-state index is 8.86. The summed E-state index contributed by atoms with van der Waals surface area (Å²) in [5.74, 6) is 0.712. The second-order valence-corrected chi connectivity index (χ2v) is 4.97. The summed E-state index contributed by atoms with van der Waals surface area (Å²) in [4.78, 5) is 0. The van der Waals surface area contributed by atoms with Gasteiger partial charge in [-0.15, -0.1) is 5.10 Å². The fourth-order valence-electron chi connectivity index (χ4n) is 1.50. The monoisotopic (exact) mass is 275 g/mol. The van der Waals surface area contributed by atoms with Gasteiger partial charge in [-0.25, -0.2) is 0 Å². The first-order chi connectivity index (χ1) is 9.26. The second kappa shape index (κ2) is 6.20. The molecule has 7 heteroatoms. The van der Waals surface area contributed by atoms with Crippen LogP contribution in [0.5, 0.6) is 5.75 Å². The van der Waals surface area contributed by atoms with Gasteiger partial charge in [0.05, 0.1) is 17.9 Å². The Balaban J connectivity index is 2.37. The molecule has 0 spiro atoms. The number of thioether (sulfide) groups is 1. The van der Waals surface area contributed by atoms with Crippen LogP contribution < -0.4 is 4.74 Å². The summed E-state index contributed by atoms with van der Waals surface area (Å²) in [7, 11) is 0. The lowest BCUT2D eigenvalue weighted by Crippen LogP contribution is -2.04. The zero-order valence-corrected chi connectivity index (χ0v) is 11.5. The molecular weight excluding hydrogens is 262 g/mol. The normalized spacial score (nSPS) is 11.8. The van der Waals surface area contributed by atoms with E-state index in [1.807, 2.05) is 31.2 Å². The Morgan fingerprint density at radius 1 is 1.47 bits per heavy atom. The number of para-hydroxylation sites is 2. The summed E-state index contributed by atoms with van der Waals surface area (Å²) in [6.07, 6.45) is 0.